The molecule has 1 aromatic rings. The first-order valence-electron chi connectivity index (χ1n) is 5.49. The van der Waals surface area contributed by atoms with Crippen LogP contribution in [0.4, 0.5) is 4.39 Å². The second kappa shape index (κ2) is 5.75. The number of ether oxygens (including phenoxy) is 1. The average molecular weight is 288 g/mol. The lowest BCUT2D eigenvalue weighted by Gasteiger charge is -2.19. The zero-order valence-corrected chi connectivity index (χ0v) is 10.7. The number of benzene rings is 1. The second-order valence-corrected chi connectivity index (χ2v) is 4.94. The minimum atomic E-state index is -0.185. The van der Waals surface area contributed by atoms with Gasteiger partial charge in [0.2, 0.25) is 0 Å². The van der Waals surface area contributed by atoms with Gasteiger partial charge in [0.25, 0.3) is 0 Å². The van der Waals surface area contributed by atoms with Crippen LogP contribution in [0.1, 0.15) is 12.0 Å². The molecule has 0 saturated carbocycles. The largest absolute Gasteiger partial charge is 0.380 e. The van der Waals surface area contributed by atoms with Crippen molar-refractivity contribution in [2.24, 2.45) is 0 Å². The molecule has 88 valence electrons. The fourth-order valence-corrected chi connectivity index (χ4v) is 2.43. The average Bonchev–Trinajstić information content (AvgIpc) is 2.44. The fraction of sp³-hybridized carbons (Fsp3) is 0.500. The van der Waals surface area contributed by atoms with Crippen LogP contribution in [-0.4, -0.2) is 31.2 Å². The number of hydrogen-bond donors (Lipinski definition) is 0. The highest BCUT2D eigenvalue weighted by Crippen LogP contribution is 2.16. The third kappa shape index (κ3) is 3.54. The van der Waals surface area contributed by atoms with E-state index < -0.39 is 0 Å². The van der Waals surface area contributed by atoms with Gasteiger partial charge in [0, 0.05) is 30.7 Å². The minimum absolute atomic E-state index is 0.185. The van der Waals surface area contributed by atoms with Crippen LogP contribution in [0.15, 0.2) is 22.7 Å². The third-order valence-corrected chi connectivity index (χ3v) is 3.10. The van der Waals surface area contributed by atoms with Crippen LogP contribution < -0.4 is 0 Å². The zero-order chi connectivity index (χ0) is 11.4. The standard InChI is InChI=1S/C12H15BrFNO/c13-11-6-10(7-12(14)8-11)9-15-2-1-4-16-5-3-15/h6-8H,1-5,9H2. The molecule has 0 radical (unpaired) electrons. The Hall–Kier alpha value is -0.450. The number of nitrogens with zero attached hydrogens (tertiary/aromatic N) is 1. The Labute approximate surface area is 104 Å². The maximum Gasteiger partial charge on any atom is 0.124 e. The van der Waals surface area contributed by atoms with Crippen LogP contribution >= 0.6 is 15.9 Å². The molecule has 1 aliphatic rings. The topological polar surface area (TPSA) is 12.5 Å². The quantitative estimate of drug-likeness (QED) is 0.829. The van der Waals surface area contributed by atoms with Gasteiger partial charge in [-0.15, -0.1) is 0 Å². The van der Waals surface area contributed by atoms with E-state index in [1.807, 2.05) is 6.07 Å². The van der Waals surface area contributed by atoms with Crippen molar-refractivity contribution in [3.05, 3.63) is 34.1 Å². The van der Waals surface area contributed by atoms with Crippen molar-refractivity contribution in [2.45, 2.75) is 13.0 Å². The summed E-state index contributed by atoms with van der Waals surface area (Å²) in [6.45, 7) is 4.35. The monoisotopic (exact) mass is 287 g/mol. The first-order chi connectivity index (χ1) is 7.74. The fourth-order valence-electron chi connectivity index (χ4n) is 1.92. The van der Waals surface area contributed by atoms with Crippen LogP contribution in [-0.2, 0) is 11.3 Å². The molecule has 0 N–H and O–H groups in total. The van der Waals surface area contributed by atoms with Crippen molar-refractivity contribution >= 4 is 15.9 Å². The summed E-state index contributed by atoms with van der Waals surface area (Å²) < 4.78 is 19.4. The molecule has 0 aliphatic carbocycles. The van der Waals surface area contributed by atoms with Gasteiger partial charge in [-0.3, -0.25) is 4.90 Å². The molecule has 1 aliphatic heterocycles. The lowest BCUT2D eigenvalue weighted by Crippen LogP contribution is -2.25. The highest BCUT2D eigenvalue weighted by atomic mass is 79.9. The summed E-state index contributed by atoms with van der Waals surface area (Å²) in [5, 5.41) is 0. The Kier molecular flexibility index (Phi) is 4.32. The highest BCUT2D eigenvalue weighted by molar-refractivity contribution is 9.10. The highest BCUT2D eigenvalue weighted by Gasteiger charge is 2.10. The van der Waals surface area contributed by atoms with Gasteiger partial charge in [-0.05, 0) is 30.2 Å². The molecule has 1 heterocycles. The van der Waals surface area contributed by atoms with Crippen LogP contribution in [0, 0.1) is 5.82 Å². The second-order valence-electron chi connectivity index (χ2n) is 4.02. The Morgan fingerprint density at radius 1 is 1.25 bits per heavy atom. The van der Waals surface area contributed by atoms with Crippen LogP contribution in [0.2, 0.25) is 0 Å². The van der Waals surface area contributed by atoms with Gasteiger partial charge in [0.1, 0.15) is 5.82 Å². The first kappa shape index (κ1) is 12.0. The molecule has 1 saturated heterocycles. The lowest BCUT2D eigenvalue weighted by atomic mass is 10.2. The van der Waals surface area contributed by atoms with Crippen molar-refractivity contribution in [1.82, 2.24) is 4.90 Å². The summed E-state index contributed by atoms with van der Waals surface area (Å²) in [5.41, 5.74) is 1.01. The SMILES string of the molecule is Fc1cc(Br)cc(CN2CCCOCC2)c1. The van der Waals surface area contributed by atoms with Gasteiger partial charge in [-0.2, -0.15) is 0 Å². The maximum absolute atomic E-state index is 13.2. The molecule has 16 heavy (non-hydrogen) atoms. The van der Waals surface area contributed by atoms with E-state index in [0.29, 0.717) is 0 Å². The van der Waals surface area contributed by atoms with Crippen molar-refractivity contribution in [3.63, 3.8) is 0 Å². The van der Waals surface area contributed by atoms with Crippen LogP contribution in [0.3, 0.4) is 0 Å². The van der Waals surface area contributed by atoms with Crippen LogP contribution in [0.5, 0.6) is 0 Å². The Bertz CT molecular complexity index is 331. The predicted octanol–water partition coefficient (Wildman–Crippen LogP) is 2.81. The van der Waals surface area contributed by atoms with Crippen molar-refractivity contribution in [1.29, 1.82) is 0 Å². The summed E-state index contributed by atoms with van der Waals surface area (Å²) in [6.07, 6.45) is 1.05. The summed E-state index contributed by atoms with van der Waals surface area (Å²) >= 11 is 3.31. The molecule has 0 amide bonds. The minimum Gasteiger partial charge on any atom is -0.380 e. The van der Waals surface area contributed by atoms with Gasteiger partial charge < -0.3 is 4.74 Å². The molecule has 2 nitrogen and oxygen atoms in total. The number of rotatable bonds is 2. The summed E-state index contributed by atoms with van der Waals surface area (Å²) in [6, 6.07) is 5.04. The van der Waals surface area contributed by atoms with E-state index in [0.717, 1.165) is 49.3 Å². The molecular formula is C12H15BrFNO. The van der Waals surface area contributed by atoms with Crippen LogP contribution in [0.25, 0.3) is 0 Å². The van der Waals surface area contributed by atoms with Gasteiger partial charge in [0.05, 0.1) is 6.61 Å². The summed E-state index contributed by atoms with van der Waals surface area (Å²) in [5.74, 6) is -0.185. The predicted molar refractivity (Wildman–Crippen MR) is 64.8 cm³/mol. The van der Waals surface area contributed by atoms with Crippen molar-refractivity contribution in [3.8, 4) is 0 Å². The van der Waals surface area contributed by atoms with E-state index in [9.17, 15) is 4.39 Å². The normalized spacial score (nSPS) is 18.4. The molecule has 0 aromatic heterocycles. The van der Waals surface area contributed by atoms with Gasteiger partial charge in [0.15, 0.2) is 0 Å². The molecular weight excluding hydrogens is 273 g/mol. The number of hydrogen-bond acceptors (Lipinski definition) is 2. The van der Waals surface area contributed by atoms with Gasteiger partial charge in [-0.1, -0.05) is 15.9 Å². The third-order valence-electron chi connectivity index (χ3n) is 2.64. The van der Waals surface area contributed by atoms with E-state index >= 15 is 0 Å². The first-order valence-corrected chi connectivity index (χ1v) is 6.28. The molecule has 0 bridgehead atoms. The maximum atomic E-state index is 13.2. The zero-order valence-electron chi connectivity index (χ0n) is 9.09. The summed E-state index contributed by atoms with van der Waals surface area (Å²) in [4.78, 5) is 2.30. The molecule has 0 spiro atoms. The van der Waals surface area contributed by atoms with Gasteiger partial charge >= 0.3 is 0 Å². The Morgan fingerprint density at radius 2 is 2.12 bits per heavy atom. The molecule has 0 atom stereocenters. The van der Waals surface area contributed by atoms with Crippen molar-refractivity contribution in [2.75, 3.05) is 26.3 Å². The van der Waals surface area contributed by atoms with Gasteiger partial charge in [-0.25, -0.2) is 4.39 Å². The molecule has 4 heteroatoms. The molecule has 1 fully saturated rings. The smallest absolute Gasteiger partial charge is 0.124 e. The Morgan fingerprint density at radius 3 is 2.94 bits per heavy atom. The molecule has 0 unspecified atom stereocenters. The number of halogens is 2. The Balaban J connectivity index is 2.01. The lowest BCUT2D eigenvalue weighted by molar-refractivity contribution is 0.140. The summed E-state index contributed by atoms with van der Waals surface area (Å²) in [7, 11) is 0. The van der Waals surface area contributed by atoms with Crippen molar-refractivity contribution < 1.29 is 9.13 Å². The van der Waals surface area contributed by atoms with E-state index in [1.54, 1.807) is 6.07 Å². The molecule has 1 aromatic carbocycles. The van der Waals surface area contributed by atoms with E-state index in [4.69, 9.17) is 4.74 Å². The van der Waals surface area contributed by atoms with E-state index in [-0.39, 0.29) is 5.82 Å². The molecule has 2 rings (SSSR count). The van der Waals surface area contributed by atoms with E-state index in [1.165, 1.54) is 6.07 Å². The van der Waals surface area contributed by atoms with E-state index in [2.05, 4.69) is 20.8 Å².